The van der Waals surface area contributed by atoms with Crippen LogP contribution in [0.2, 0.25) is 0 Å². The van der Waals surface area contributed by atoms with Gasteiger partial charge in [-0.15, -0.1) is 0 Å². The molecule has 0 aromatic carbocycles. The molecule has 0 bridgehead atoms. The van der Waals surface area contributed by atoms with Gasteiger partial charge in [0.1, 0.15) is 0 Å². The van der Waals surface area contributed by atoms with E-state index in [-0.39, 0.29) is 0 Å². The summed E-state index contributed by atoms with van der Waals surface area (Å²) in [6.07, 6.45) is 3.79. The van der Waals surface area contributed by atoms with Crippen LogP contribution in [0.15, 0.2) is 10.6 Å². The SMILES string of the molecule is CCCCC1=C(C)NNS1. The molecule has 1 aliphatic rings. The molecule has 2 N–H and O–H groups in total. The van der Waals surface area contributed by atoms with Gasteiger partial charge in [0.2, 0.25) is 0 Å². The van der Waals surface area contributed by atoms with Crippen molar-refractivity contribution < 1.29 is 0 Å². The van der Waals surface area contributed by atoms with Gasteiger partial charge in [-0.25, -0.2) is 0 Å². The number of hydrazine groups is 1. The highest BCUT2D eigenvalue weighted by atomic mass is 32.2. The summed E-state index contributed by atoms with van der Waals surface area (Å²) >= 11 is 1.71. The van der Waals surface area contributed by atoms with Crippen molar-refractivity contribution in [3.63, 3.8) is 0 Å². The zero-order chi connectivity index (χ0) is 7.40. The molecule has 1 aliphatic heterocycles. The third-order valence-electron chi connectivity index (χ3n) is 1.59. The van der Waals surface area contributed by atoms with Gasteiger partial charge in [-0.05, 0) is 31.7 Å². The monoisotopic (exact) mass is 158 g/mol. The van der Waals surface area contributed by atoms with Gasteiger partial charge in [0, 0.05) is 10.6 Å². The zero-order valence-corrected chi connectivity index (χ0v) is 7.35. The molecule has 0 amide bonds. The molecule has 0 atom stereocenters. The van der Waals surface area contributed by atoms with E-state index in [9.17, 15) is 0 Å². The smallest absolute Gasteiger partial charge is 0.0348 e. The van der Waals surface area contributed by atoms with Gasteiger partial charge in [-0.3, -0.25) is 0 Å². The van der Waals surface area contributed by atoms with Crippen LogP contribution in [-0.4, -0.2) is 0 Å². The fourth-order valence-electron chi connectivity index (χ4n) is 0.886. The number of hydrogen-bond donors (Lipinski definition) is 2. The highest BCUT2D eigenvalue weighted by Gasteiger charge is 2.08. The predicted molar refractivity (Wildman–Crippen MR) is 46.1 cm³/mol. The minimum absolute atomic E-state index is 1.22. The van der Waals surface area contributed by atoms with Crippen LogP contribution in [0.5, 0.6) is 0 Å². The summed E-state index contributed by atoms with van der Waals surface area (Å²) in [4.78, 5) is 4.48. The minimum Gasteiger partial charge on any atom is -0.315 e. The van der Waals surface area contributed by atoms with E-state index < -0.39 is 0 Å². The van der Waals surface area contributed by atoms with Crippen molar-refractivity contribution in [2.75, 3.05) is 0 Å². The van der Waals surface area contributed by atoms with Gasteiger partial charge in [0.25, 0.3) is 0 Å². The molecule has 2 nitrogen and oxygen atoms in total. The van der Waals surface area contributed by atoms with Crippen LogP contribution in [-0.2, 0) is 0 Å². The summed E-state index contributed by atoms with van der Waals surface area (Å²) in [6.45, 7) is 4.33. The van der Waals surface area contributed by atoms with Gasteiger partial charge in [-0.2, -0.15) is 4.83 Å². The van der Waals surface area contributed by atoms with Crippen molar-refractivity contribution in [3.8, 4) is 0 Å². The lowest BCUT2D eigenvalue weighted by Crippen LogP contribution is -2.16. The third-order valence-corrected chi connectivity index (χ3v) is 2.55. The fraction of sp³-hybridized carbons (Fsp3) is 0.714. The second kappa shape index (κ2) is 3.88. The molecule has 58 valence electrons. The van der Waals surface area contributed by atoms with Crippen molar-refractivity contribution >= 4 is 11.9 Å². The Morgan fingerprint density at radius 3 is 2.80 bits per heavy atom. The summed E-state index contributed by atoms with van der Waals surface area (Å²) in [5.41, 5.74) is 4.36. The normalized spacial score (nSPS) is 17.8. The Labute approximate surface area is 66.6 Å². The van der Waals surface area contributed by atoms with E-state index >= 15 is 0 Å². The third kappa shape index (κ3) is 1.92. The summed E-state index contributed by atoms with van der Waals surface area (Å²) in [7, 11) is 0. The lowest BCUT2D eigenvalue weighted by molar-refractivity contribution is 0.788. The van der Waals surface area contributed by atoms with E-state index in [0.717, 1.165) is 0 Å². The van der Waals surface area contributed by atoms with Crippen LogP contribution in [0, 0.1) is 0 Å². The Balaban J connectivity index is 2.31. The topological polar surface area (TPSA) is 24.1 Å². The van der Waals surface area contributed by atoms with Crippen LogP contribution in [0.1, 0.15) is 33.1 Å². The highest BCUT2D eigenvalue weighted by molar-refractivity contribution is 8.01. The second-order valence-corrected chi connectivity index (χ2v) is 3.38. The van der Waals surface area contributed by atoms with E-state index in [4.69, 9.17) is 0 Å². The summed E-state index contributed by atoms with van der Waals surface area (Å²) in [5, 5.41) is 0. The molecule has 0 fully saturated rings. The first-order chi connectivity index (χ1) is 4.84. The molecular formula is C7H14N2S. The molecule has 0 aliphatic carbocycles. The van der Waals surface area contributed by atoms with Crippen molar-refractivity contribution in [1.29, 1.82) is 0 Å². The molecule has 0 aromatic rings. The quantitative estimate of drug-likeness (QED) is 0.615. The van der Waals surface area contributed by atoms with Gasteiger partial charge in [0.15, 0.2) is 0 Å². The van der Waals surface area contributed by atoms with Crippen LogP contribution < -0.4 is 10.3 Å². The maximum atomic E-state index is 3.07. The van der Waals surface area contributed by atoms with Crippen molar-refractivity contribution in [2.45, 2.75) is 33.1 Å². The molecule has 0 saturated heterocycles. The van der Waals surface area contributed by atoms with E-state index in [0.29, 0.717) is 0 Å². The number of unbranched alkanes of at least 4 members (excludes halogenated alkanes) is 1. The Kier molecular flexibility index (Phi) is 3.09. The first-order valence-electron chi connectivity index (χ1n) is 3.72. The van der Waals surface area contributed by atoms with E-state index in [2.05, 4.69) is 24.1 Å². The van der Waals surface area contributed by atoms with Crippen molar-refractivity contribution in [3.05, 3.63) is 10.6 Å². The second-order valence-electron chi connectivity index (χ2n) is 2.48. The summed E-state index contributed by atoms with van der Waals surface area (Å²) < 4.78 is 0. The maximum absolute atomic E-state index is 3.07. The molecule has 0 saturated carbocycles. The molecule has 1 rings (SSSR count). The molecule has 10 heavy (non-hydrogen) atoms. The average Bonchev–Trinajstić information content (AvgIpc) is 2.31. The number of hydrogen-bond acceptors (Lipinski definition) is 3. The number of rotatable bonds is 3. The van der Waals surface area contributed by atoms with Crippen LogP contribution in [0.25, 0.3) is 0 Å². The molecular weight excluding hydrogens is 144 g/mol. The minimum atomic E-state index is 1.22. The fourth-order valence-corrected chi connectivity index (χ4v) is 1.66. The number of allylic oxidation sites excluding steroid dienone is 2. The Morgan fingerprint density at radius 1 is 1.50 bits per heavy atom. The summed E-state index contributed by atoms with van der Waals surface area (Å²) in [6, 6.07) is 0. The van der Waals surface area contributed by atoms with Gasteiger partial charge >= 0.3 is 0 Å². The van der Waals surface area contributed by atoms with Crippen LogP contribution in [0.3, 0.4) is 0 Å². The van der Waals surface area contributed by atoms with Gasteiger partial charge in [0.05, 0.1) is 0 Å². The molecule has 0 radical (unpaired) electrons. The first-order valence-corrected chi connectivity index (χ1v) is 4.54. The number of nitrogens with one attached hydrogen (secondary N) is 2. The van der Waals surface area contributed by atoms with E-state index in [1.807, 2.05) is 0 Å². The maximum Gasteiger partial charge on any atom is 0.0348 e. The lowest BCUT2D eigenvalue weighted by atomic mass is 10.2. The average molecular weight is 158 g/mol. The standard InChI is InChI=1S/C7H14N2S/c1-3-4-5-7-6(2)8-9-10-7/h8-9H,3-5H2,1-2H3. The van der Waals surface area contributed by atoms with Crippen LogP contribution in [0.4, 0.5) is 0 Å². The highest BCUT2D eigenvalue weighted by Crippen LogP contribution is 2.24. The van der Waals surface area contributed by atoms with Crippen LogP contribution >= 0.6 is 11.9 Å². The Hall–Kier alpha value is -0.150. The van der Waals surface area contributed by atoms with Crippen molar-refractivity contribution in [1.82, 2.24) is 10.3 Å². The van der Waals surface area contributed by atoms with Gasteiger partial charge < -0.3 is 5.43 Å². The molecule has 0 aromatic heterocycles. The lowest BCUT2D eigenvalue weighted by Gasteiger charge is -1.96. The first kappa shape index (κ1) is 7.95. The largest absolute Gasteiger partial charge is 0.315 e. The van der Waals surface area contributed by atoms with Gasteiger partial charge in [-0.1, -0.05) is 13.3 Å². The zero-order valence-electron chi connectivity index (χ0n) is 6.53. The summed E-state index contributed by atoms with van der Waals surface area (Å²) in [5.74, 6) is 0. The predicted octanol–water partition coefficient (Wildman–Crippen LogP) is 2.16. The van der Waals surface area contributed by atoms with Crippen molar-refractivity contribution in [2.24, 2.45) is 0 Å². The molecule has 1 heterocycles. The van der Waals surface area contributed by atoms with E-state index in [1.54, 1.807) is 11.9 Å². The molecule has 0 spiro atoms. The van der Waals surface area contributed by atoms with E-state index in [1.165, 1.54) is 29.9 Å². The Bertz CT molecular complexity index is 143. The molecule has 3 heteroatoms. The Morgan fingerprint density at radius 2 is 2.30 bits per heavy atom. The molecule has 0 unspecified atom stereocenters.